The van der Waals surface area contributed by atoms with Gasteiger partial charge in [-0.15, -0.1) is 48.5 Å². The fourth-order valence-corrected chi connectivity index (χ4v) is 11.0. The first-order valence-electron chi connectivity index (χ1n) is 34.3. The van der Waals surface area contributed by atoms with Crippen molar-refractivity contribution in [3.8, 4) is 73.7 Å². The fourth-order valence-electron chi connectivity index (χ4n) is 11.0. The van der Waals surface area contributed by atoms with Crippen molar-refractivity contribution in [2.24, 2.45) is 0 Å². The molecule has 0 unspecified atom stereocenters. The van der Waals surface area contributed by atoms with Crippen LogP contribution in [0.3, 0.4) is 0 Å². The molecular weight excluding hydrogens is 1910 g/mol. The topological polar surface area (TPSA) is 262 Å². The van der Waals surface area contributed by atoms with E-state index in [1.807, 2.05) is 53.1 Å². The van der Waals surface area contributed by atoms with E-state index >= 15 is 0 Å². The molecular formula is C90H51F8Ir2N7O12-4. The maximum atomic E-state index is 13.5. The minimum Gasteiger partial charge on any atom is -0.476 e. The van der Waals surface area contributed by atoms with Crippen molar-refractivity contribution in [2.45, 2.75) is 0 Å². The van der Waals surface area contributed by atoms with Crippen molar-refractivity contribution in [3.05, 3.63) is 402 Å². The van der Waals surface area contributed by atoms with Gasteiger partial charge in [-0.25, -0.2) is 38.7 Å². The molecule has 7 heterocycles. The molecule has 0 fully saturated rings. The van der Waals surface area contributed by atoms with E-state index in [0.29, 0.717) is 28.5 Å². The molecule has 7 aromatic heterocycles. The number of carboxylic acid groups (broad SMARTS) is 2. The van der Waals surface area contributed by atoms with Crippen LogP contribution in [0.25, 0.3) is 72.5 Å². The third kappa shape index (κ3) is 22.4. The van der Waals surface area contributed by atoms with E-state index in [1.165, 1.54) is 91.3 Å². The molecule has 29 heteroatoms. The van der Waals surface area contributed by atoms with Crippen LogP contribution < -0.4 is 18.9 Å². The van der Waals surface area contributed by atoms with Crippen LogP contribution in [-0.4, -0.2) is 80.5 Å². The van der Waals surface area contributed by atoms with Crippen molar-refractivity contribution in [1.29, 1.82) is 0 Å². The average molecular weight is 1960 g/mol. The monoisotopic (exact) mass is 1960 g/mol. The van der Waals surface area contributed by atoms with Gasteiger partial charge in [-0.3, -0.25) is 35.1 Å². The number of ether oxygens (including phenoxy) is 4. The first kappa shape index (κ1) is 86.6. The summed E-state index contributed by atoms with van der Waals surface area (Å²) < 4.78 is 127. The van der Waals surface area contributed by atoms with Crippen LogP contribution in [0.5, 0.6) is 23.0 Å². The van der Waals surface area contributed by atoms with Crippen LogP contribution in [0.15, 0.2) is 298 Å². The Hall–Kier alpha value is -14.8. The second-order valence-electron chi connectivity index (χ2n) is 24.1. The van der Waals surface area contributed by atoms with Gasteiger partial charge in [0.2, 0.25) is 0 Å². The van der Waals surface area contributed by atoms with Gasteiger partial charge < -0.3 is 53.7 Å². The Kier molecular flexibility index (Phi) is 29.8. The minimum absolute atomic E-state index is 0. The van der Waals surface area contributed by atoms with Crippen molar-refractivity contribution in [3.63, 3.8) is 0 Å². The Morgan fingerprint density at radius 2 is 0.571 bits per heavy atom. The minimum atomic E-state index is -1.38. The van der Waals surface area contributed by atoms with E-state index in [-0.39, 0.29) is 108 Å². The number of carbonyl (C=O) groups excluding carboxylic acids is 4. The Bertz CT molecular complexity index is 5770. The van der Waals surface area contributed by atoms with Crippen molar-refractivity contribution in [2.75, 3.05) is 0 Å². The van der Waals surface area contributed by atoms with E-state index in [4.69, 9.17) is 18.9 Å². The molecule has 9 aromatic carbocycles. The summed E-state index contributed by atoms with van der Waals surface area (Å²) >= 11 is 0. The van der Waals surface area contributed by atoms with Crippen molar-refractivity contribution >= 4 is 57.6 Å². The summed E-state index contributed by atoms with van der Waals surface area (Å²) in [4.78, 5) is 98.9. The molecule has 2 radical (unpaired) electrons. The fraction of sp³-hybridized carbons (Fsp3) is 0. The summed E-state index contributed by atoms with van der Waals surface area (Å²) in [6.45, 7) is 0. The first-order chi connectivity index (χ1) is 56.6. The van der Waals surface area contributed by atoms with Crippen molar-refractivity contribution in [1.82, 2.24) is 34.5 Å². The Balaban J connectivity index is 0.000000203. The molecule has 16 aromatic rings. The smallest absolute Gasteiger partial charge is 0.358 e. The van der Waals surface area contributed by atoms with Gasteiger partial charge in [0, 0.05) is 153 Å². The largest absolute Gasteiger partial charge is 0.476 e. The Labute approximate surface area is 697 Å². The zero-order valence-electron chi connectivity index (χ0n) is 60.6. The number of aromatic nitrogens is 7. The van der Waals surface area contributed by atoms with Gasteiger partial charge in [0.15, 0.2) is 22.9 Å². The number of hydrogen-bond acceptors (Lipinski definition) is 16. The molecule has 0 spiro atoms. The SMILES string of the molecule is Fc1c[c-]c(-c2ccccn2)c(F)c1.Fc1c[c-]c(-c2ccccn2)c(F)c1.Fc1c[c-]c(-c2ccccn2)c(F)c1.Fc1c[c-]c(-c2ccccn2)c(F)c1.O=C(Oc1cc(OC(=O)c2ccc(C(=O)Oc3cccnc3C(=O)O)cc2)cc(-n2c3ccccc3c3ccccc32)c1)c1ccc(C(=O)Oc2cccnc2C(=O)O)cc1.[Ir].[Ir]. The number of carboxylic acids is 2. The predicted molar refractivity (Wildman–Crippen MR) is 410 cm³/mol. The molecule has 0 aliphatic carbocycles. The summed E-state index contributed by atoms with van der Waals surface area (Å²) in [6.07, 6.45) is 8.69. The van der Waals surface area contributed by atoms with Crippen LogP contribution in [0.2, 0.25) is 0 Å². The molecule has 16 rings (SSSR count). The standard InChI is InChI=1S/C46H27N3O12.4C11H6F2N.2Ir/c50-41(51)39-37(11-5-21-47-39)60-45(56)28-17-13-26(14-18-28)43(54)58-31-23-30(49-35-9-3-1-7-33(35)34-8-2-4-10-36(34)49)24-32(25-31)59-44(55)27-15-19-29(20-16-27)46(57)61-38-12-6-22-48-40(38)42(52)53;4*12-8-4-5-9(10(13)7-8)11-3-1-2-6-14-11;;/h1-25H,(H,50,51)(H,52,53);4*1-4,6-7H;;/q;4*-1;;. The van der Waals surface area contributed by atoms with E-state index in [1.54, 1.807) is 110 Å². The van der Waals surface area contributed by atoms with E-state index in [2.05, 4.69) is 54.2 Å². The maximum Gasteiger partial charge on any atom is 0.358 e. The molecule has 2 N–H and O–H groups in total. The zero-order valence-corrected chi connectivity index (χ0v) is 65.4. The van der Waals surface area contributed by atoms with Gasteiger partial charge in [0.1, 0.15) is 11.5 Å². The molecule has 119 heavy (non-hydrogen) atoms. The second kappa shape index (κ2) is 41.0. The Morgan fingerprint density at radius 1 is 0.303 bits per heavy atom. The van der Waals surface area contributed by atoms with E-state index in [0.717, 1.165) is 70.3 Å². The number of fused-ring (bicyclic) bond motifs is 3. The number of esters is 4. The molecule has 0 atom stereocenters. The Morgan fingerprint density at radius 3 is 0.840 bits per heavy atom. The summed E-state index contributed by atoms with van der Waals surface area (Å²) in [6, 6.07) is 74.1. The maximum absolute atomic E-state index is 13.5. The van der Waals surface area contributed by atoms with Gasteiger partial charge >= 0.3 is 35.8 Å². The van der Waals surface area contributed by atoms with Gasteiger partial charge in [-0.2, -0.15) is 0 Å². The van der Waals surface area contributed by atoms with Gasteiger partial charge in [-0.1, -0.05) is 131 Å². The predicted octanol–water partition coefficient (Wildman–Crippen LogP) is 19.1. The third-order valence-corrected chi connectivity index (χ3v) is 16.3. The normalized spacial score (nSPS) is 10.3. The molecule has 0 aliphatic heterocycles. The molecule has 0 saturated heterocycles. The molecule has 0 bridgehead atoms. The number of nitrogens with zero attached hydrogens (tertiary/aromatic N) is 7. The molecule has 19 nitrogen and oxygen atoms in total. The van der Waals surface area contributed by atoms with E-state index < -0.39 is 93.7 Å². The second-order valence-corrected chi connectivity index (χ2v) is 24.1. The number of para-hydroxylation sites is 2. The molecule has 596 valence electrons. The number of carbonyl (C=O) groups is 6. The number of aromatic carboxylic acids is 2. The van der Waals surface area contributed by atoms with Crippen molar-refractivity contribution < 1.29 is 133 Å². The van der Waals surface area contributed by atoms with Gasteiger partial charge in [0.05, 0.1) is 39.0 Å². The molecule has 0 amide bonds. The van der Waals surface area contributed by atoms with Crippen LogP contribution in [0, 0.1) is 70.8 Å². The summed E-state index contributed by atoms with van der Waals surface area (Å²) in [5.74, 6) is -11.8. The average Bonchev–Trinajstić information content (AvgIpc) is 1.60. The van der Waals surface area contributed by atoms with Gasteiger partial charge in [0.25, 0.3) is 0 Å². The number of benzene rings is 9. The van der Waals surface area contributed by atoms with Crippen LogP contribution >= 0.6 is 0 Å². The first-order valence-corrected chi connectivity index (χ1v) is 34.3. The zero-order chi connectivity index (χ0) is 82.5. The summed E-state index contributed by atoms with van der Waals surface area (Å²) in [7, 11) is 0. The summed E-state index contributed by atoms with van der Waals surface area (Å²) in [5.41, 5.74) is 3.90. The number of rotatable bonds is 15. The third-order valence-electron chi connectivity index (χ3n) is 16.3. The number of pyridine rings is 6. The summed E-state index contributed by atoms with van der Waals surface area (Å²) in [5, 5.41) is 20.6. The van der Waals surface area contributed by atoms with Crippen LogP contribution in [0.1, 0.15) is 62.4 Å². The van der Waals surface area contributed by atoms with Crippen LogP contribution in [-0.2, 0) is 40.2 Å². The van der Waals surface area contributed by atoms with E-state index in [9.17, 15) is 74.1 Å². The van der Waals surface area contributed by atoms with Crippen LogP contribution in [0.4, 0.5) is 35.1 Å². The van der Waals surface area contributed by atoms with Gasteiger partial charge in [-0.05, 0) is 132 Å². The number of halogens is 8. The quantitative estimate of drug-likeness (QED) is 0.0418. The number of hydrogen-bond donors (Lipinski definition) is 2. The molecule has 0 saturated carbocycles. The molecule has 0 aliphatic rings.